The van der Waals surface area contributed by atoms with Crippen LogP contribution in [0.15, 0.2) is 36.0 Å². The summed E-state index contributed by atoms with van der Waals surface area (Å²) < 4.78 is 5.15. The smallest absolute Gasteiger partial charge is 0.338 e. The van der Waals surface area contributed by atoms with Crippen molar-refractivity contribution in [3.63, 3.8) is 0 Å². The molecule has 3 rings (SSSR count). The van der Waals surface area contributed by atoms with Crippen molar-refractivity contribution in [2.24, 2.45) is 22.7 Å². The summed E-state index contributed by atoms with van der Waals surface area (Å²) in [6, 6.07) is 0. The molecule has 0 radical (unpaired) electrons. The van der Waals surface area contributed by atoms with Gasteiger partial charge in [-0.1, -0.05) is 38.2 Å². The van der Waals surface area contributed by atoms with Crippen molar-refractivity contribution < 1.29 is 30.0 Å². The molecule has 6 heteroatoms. The molecule has 0 spiro atoms. The highest BCUT2D eigenvalue weighted by Crippen LogP contribution is 2.61. The lowest BCUT2D eigenvalue weighted by molar-refractivity contribution is -0.152. The van der Waals surface area contributed by atoms with Crippen molar-refractivity contribution in [3.05, 3.63) is 36.0 Å². The van der Waals surface area contributed by atoms with Crippen LogP contribution in [0, 0.1) is 22.7 Å². The van der Waals surface area contributed by atoms with Gasteiger partial charge in [0.25, 0.3) is 0 Å². The Morgan fingerprint density at radius 2 is 1.89 bits per heavy atom. The molecular formula is C22H32O6. The van der Waals surface area contributed by atoms with Crippen LogP contribution in [0.3, 0.4) is 0 Å². The van der Waals surface area contributed by atoms with Gasteiger partial charge in [0.2, 0.25) is 0 Å². The van der Waals surface area contributed by atoms with Gasteiger partial charge in [0.1, 0.15) is 0 Å². The molecule has 5 unspecified atom stereocenters. The van der Waals surface area contributed by atoms with Crippen molar-refractivity contribution in [3.8, 4) is 0 Å². The highest BCUT2D eigenvalue weighted by molar-refractivity contribution is 5.94. The molecule has 4 N–H and O–H groups in total. The van der Waals surface area contributed by atoms with Crippen LogP contribution in [0.25, 0.3) is 0 Å². The van der Waals surface area contributed by atoms with Gasteiger partial charge in [0.15, 0.2) is 5.60 Å². The summed E-state index contributed by atoms with van der Waals surface area (Å²) in [7, 11) is 0. The Morgan fingerprint density at radius 3 is 2.46 bits per heavy atom. The number of cyclic esters (lactones) is 1. The molecule has 28 heavy (non-hydrogen) atoms. The quantitative estimate of drug-likeness (QED) is 0.417. The number of allylic oxidation sites excluding steroid dienone is 2. The maximum absolute atomic E-state index is 12.2. The average molecular weight is 392 g/mol. The first-order chi connectivity index (χ1) is 13.2. The first-order valence-electron chi connectivity index (χ1n) is 9.98. The highest BCUT2D eigenvalue weighted by Gasteiger charge is 2.57. The van der Waals surface area contributed by atoms with Gasteiger partial charge in [0, 0.05) is 11.3 Å². The molecule has 1 heterocycles. The molecule has 0 aromatic heterocycles. The number of aliphatic hydroxyl groups is 4. The molecule has 2 aliphatic carbocycles. The number of carbonyl (C=O) groups is 1. The molecule has 0 aromatic rings. The van der Waals surface area contributed by atoms with Gasteiger partial charge in [-0.25, -0.2) is 4.79 Å². The Labute approximate surface area is 166 Å². The van der Waals surface area contributed by atoms with E-state index in [-0.39, 0.29) is 23.9 Å². The molecule has 0 bridgehead atoms. The Morgan fingerprint density at radius 1 is 1.21 bits per heavy atom. The van der Waals surface area contributed by atoms with Crippen molar-refractivity contribution in [2.45, 2.75) is 51.2 Å². The molecular weight excluding hydrogens is 360 g/mol. The minimum atomic E-state index is -1.36. The van der Waals surface area contributed by atoms with Gasteiger partial charge in [-0.15, -0.1) is 0 Å². The van der Waals surface area contributed by atoms with E-state index in [4.69, 9.17) is 4.74 Å². The number of ether oxygens (including phenoxy) is 1. The average Bonchev–Trinajstić information content (AvgIpc) is 3.01. The molecule has 1 aliphatic heterocycles. The second-order valence-electron chi connectivity index (χ2n) is 9.18. The van der Waals surface area contributed by atoms with Gasteiger partial charge >= 0.3 is 5.97 Å². The van der Waals surface area contributed by atoms with E-state index >= 15 is 0 Å². The first kappa shape index (κ1) is 21.2. The largest absolute Gasteiger partial charge is 0.446 e. The lowest BCUT2D eigenvalue weighted by Gasteiger charge is -2.59. The number of rotatable bonds is 5. The lowest BCUT2D eigenvalue weighted by Crippen LogP contribution is -2.57. The molecule has 156 valence electrons. The second kappa shape index (κ2) is 7.41. The molecule has 5 atom stereocenters. The Balaban J connectivity index is 1.92. The van der Waals surface area contributed by atoms with E-state index in [1.807, 2.05) is 13.0 Å². The monoisotopic (exact) mass is 392 g/mol. The third-order valence-corrected chi connectivity index (χ3v) is 7.51. The van der Waals surface area contributed by atoms with Gasteiger partial charge in [-0.2, -0.15) is 0 Å². The summed E-state index contributed by atoms with van der Waals surface area (Å²) in [6.07, 6.45) is 7.69. The van der Waals surface area contributed by atoms with Crippen molar-refractivity contribution in [2.75, 3.05) is 19.8 Å². The van der Waals surface area contributed by atoms with Crippen molar-refractivity contribution in [1.29, 1.82) is 0 Å². The molecule has 0 amide bonds. The SMILES string of the molecule is C=C1CCC2C(C)(CO)C(O)CCC2(C)C1/C=C/C1=CC(CO)(CO)OC1=O. The standard InChI is InChI=1S/C22H32O6/c1-14-4-7-17-20(2,9-8-18(26)21(17,3)11-23)16(14)6-5-15-10-22(12-24,13-25)28-19(15)27/h5-6,10,16-18,23-26H,1,4,7-9,11-13H2,2-3H3/b6-5+. The van der Waals surface area contributed by atoms with Crippen LogP contribution in [0.4, 0.5) is 0 Å². The summed E-state index contributed by atoms with van der Waals surface area (Å²) in [5.74, 6) is -0.439. The predicted molar refractivity (Wildman–Crippen MR) is 104 cm³/mol. The summed E-state index contributed by atoms with van der Waals surface area (Å²) in [5, 5.41) is 39.5. The zero-order valence-corrected chi connectivity index (χ0v) is 16.7. The number of esters is 1. The molecule has 2 saturated carbocycles. The molecule has 6 nitrogen and oxygen atoms in total. The van der Waals surface area contributed by atoms with Crippen LogP contribution in [-0.2, 0) is 9.53 Å². The minimum Gasteiger partial charge on any atom is -0.446 e. The maximum atomic E-state index is 12.2. The van der Waals surface area contributed by atoms with Crippen LogP contribution in [0.5, 0.6) is 0 Å². The molecule has 0 aromatic carbocycles. The first-order valence-corrected chi connectivity index (χ1v) is 9.98. The second-order valence-corrected chi connectivity index (χ2v) is 9.18. The maximum Gasteiger partial charge on any atom is 0.338 e. The summed E-state index contributed by atoms with van der Waals surface area (Å²) in [4.78, 5) is 12.2. The van der Waals surface area contributed by atoms with Crippen LogP contribution >= 0.6 is 0 Å². The van der Waals surface area contributed by atoms with E-state index < -0.39 is 36.3 Å². The van der Waals surface area contributed by atoms with Gasteiger partial charge in [0.05, 0.1) is 31.5 Å². The van der Waals surface area contributed by atoms with Gasteiger partial charge in [-0.3, -0.25) is 0 Å². The fourth-order valence-electron chi connectivity index (χ4n) is 5.63. The molecule has 0 saturated heterocycles. The summed E-state index contributed by atoms with van der Waals surface area (Å²) in [5.41, 5.74) is -0.723. The van der Waals surface area contributed by atoms with Crippen LogP contribution < -0.4 is 0 Å². The van der Waals surface area contributed by atoms with E-state index in [2.05, 4.69) is 13.5 Å². The topological polar surface area (TPSA) is 107 Å². The van der Waals surface area contributed by atoms with Crippen LogP contribution in [-0.4, -0.2) is 57.9 Å². The Bertz CT molecular complexity index is 706. The third kappa shape index (κ3) is 3.16. The number of carbonyl (C=O) groups excluding carboxylic acids is 1. The van der Waals surface area contributed by atoms with Gasteiger partial charge < -0.3 is 25.2 Å². The van der Waals surface area contributed by atoms with Crippen LogP contribution in [0.1, 0.15) is 39.5 Å². The van der Waals surface area contributed by atoms with E-state index in [1.54, 1.807) is 6.08 Å². The number of hydrogen-bond donors (Lipinski definition) is 4. The van der Waals surface area contributed by atoms with E-state index in [9.17, 15) is 25.2 Å². The van der Waals surface area contributed by atoms with E-state index in [0.717, 1.165) is 24.8 Å². The summed E-state index contributed by atoms with van der Waals surface area (Å²) >= 11 is 0. The highest BCUT2D eigenvalue weighted by atomic mass is 16.6. The number of aliphatic hydroxyl groups excluding tert-OH is 4. The lowest BCUT2D eigenvalue weighted by atomic mass is 9.46. The molecule has 3 aliphatic rings. The zero-order chi connectivity index (χ0) is 20.7. The minimum absolute atomic E-state index is 0.00317. The Hall–Kier alpha value is -1.47. The van der Waals surface area contributed by atoms with Crippen molar-refractivity contribution >= 4 is 5.97 Å². The zero-order valence-electron chi connectivity index (χ0n) is 16.7. The van der Waals surface area contributed by atoms with E-state index in [0.29, 0.717) is 12.0 Å². The predicted octanol–water partition coefficient (Wildman–Crippen LogP) is 1.49. The fraction of sp³-hybridized carbons (Fsp3) is 0.682. The normalized spacial score (nSPS) is 40.4. The van der Waals surface area contributed by atoms with Gasteiger partial charge in [-0.05, 0) is 43.1 Å². The number of fused-ring (bicyclic) bond motifs is 1. The summed E-state index contributed by atoms with van der Waals surface area (Å²) in [6.45, 7) is 7.38. The van der Waals surface area contributed by atoms with E-state index in [1.165, 1.54) is 6.08 Å². The number of hydrogen-bond acceptors (Lipinski definition) is 6. The third-order valence-electron chi connectivity index (χ3n) is 7.51. The van der Waals surface area contributed by atoms with Crippen molar-refractivity contribution in [1.82, 2.24) is 0 Å². The Kier molecular flexibility index (Phi) is 5.62. The molecule has 2 fully saturated rings. The van der Waals surface area contributed by atoms with Crippen LogP contribution in [0.2, 0.25) is 0 Å². The fourth-order valence-corrected chi connectivity index (χ4v) is 5.63.